The Kier molecular flexibility index (Phi) is 3.21. The number of rotatable bonds is 2. The summed E-state index contributed by atoms with van der Waals surface area (Å²) in [5.74, 6) is -2.33. The highest BCUT2D eigenvalue weighted by Gasteiger charge is 2.33. The van der Waals surface area contributed by atoms with Crippen LogP contribution in [0.1, 0.15) is 18.4 Å². The van der Waals surface area contributed by atoms with Crippen LogP contribution in [0.15, 0.2) is 18.2 Å². The molecule has 15 heavy (non-hydrogen) atoms. The normalized spacial score (nSPS) is 11.9. The van der Waals surface area contributed by atoms with E-state index in [0.29, 0.717) is 0 Å². The molecule has 0 amide bonds. The number of benzene rings is 1. The van der Waals surface area contributed by atoms with Crippen LogP contribution in [0.25, 0.3) is 0 Å². The van der Waals surface area contributed by atoms with Gasteiger partial charge in [0.05, 0.1) is 0 Å². The maximum absolute atomic E-state index is 13.1. The minimum Gasteiger partial charge on any atom is -0.402 e. The monoisotopic (exact) mass is 221 g/mol. The van der Waals surface area contributed by atoms with Crippen molar-refractivity contribution in [2.45, 2.75) is 19.2 Å². The summed E-state index contributed by atoms with van der Waals surface area (Å²) >= 11 is 0. The molecule has 0 heterocycles. The Labute approximate surface area is 84.7 Å². The van der Waals surface area contributed by atoms with E-state index < -0.39 is 23.8 Å². The zero-order valence-corrected chi connectivity index (χ0v) is 7.94. The summed E-state index contributed by atoms with van der Waals surface area (Å²) < 4.78 is 52.6. The van der Waals surface area contributed by atoms with E-state index in [0.717, 1.165) is 6.07 Å². The van der Waals surface area contributed by atoms with Gasteiger partial charge in [-0.3, -0.25) is 0 Å². The first-order valence-electron chi connectivity index (χ1n) is 4.18. The molecular formula is C10H9F4O. The van der Waals surface area contributed by atoms with Crippen LogP contribution >= 0.6 is 0 Å². The first kappa shape index (κ1) is 11.8. The van der Waals surface area contributed by atoms with Gasteiger partial charge in [0.1, 0.15) is 0 Å². The SMILES string of the molecule is [CH2]C(C)c1cccc(F)c1OC(F)(F)F. The van der Waals surface area contributed by atoms with Crippen molar-refractivity contribution in [2.75, 3.05) is 0 Å². The molecular weight excluding hydrogens is 212 g/mol. The smallest absolute Gasteiger partial charge is 0.402 e. The van der Waals surface area contributed by atoms with E-state index in [2.05, 4.69) is 11.7 Å². The van der Waals surface area contributed by atoms with Crippen molar-refractivity contribution < 1.29 is 22.3 Å². The number of hydrogen-bond donors (Lipinski definition) is 0. The minimum atomic E-state index is -4.90. The predicted molar refractivity (Wildman–Crippen MR) is 46.9 cm³/mol. The molecule has 0 N–H and O–H groups in total. The second-order valence-corrected chi connectivity index (χ2v) is 3.11. The molecule has 1 radical (unpaired) electrons. The Morgan fingerprint density at radius 2 is 1.93 bits per heavy atom. The number of hydrogen-bond acceptors (Lipinski definition) is 1. The van der Waals surface area contributed by atoms with E-state index >= 15 is 0 Å². The van der Waals surface area contributed by atoms with Gasteiger partial charge in [0.2, 0.25) is 0 Å². The lowest BCUT2D eigenvalue weighted by atomic mass is 10.0. The van der Waals surface area contributed by atoms with Gasteiger partial charge in [0, 0.05) is 5.56 Å². The first-order chi connectivity index (χ1) is 6.81. The lowest BCUT2D eigenvalue weighted by Crippen LogP contribution is -2.19. The highest BCUT2D eigenvalue weighted by Crippen LogP contribution is 2.33. The zero-order chi connectivity index (χ0) is 11.6. The molecule has 0 aliphatic rings. The molecule has 83 valence electrons. The van der Waals surface area contributed by atoms with Crippen molar-refractivity contribution in [3.05, 3.63) is 36.5 Å². The maximum Gasteiger partial charge on any atom is 0.573 e. The van der Waals surface area contributed by atoms with Crippen molar-refractivity contribution in [1.29, 1.82) is 0 Å². The molecule has 5 heteroatoms. The Morgan fingerprint density at radius 1 is 1.33 bits per heavy atom. The molecule has 0 aliphatic carbocycles. The van der Waals surface area contributed by atoms with E-state index in [4.69, 9.17) is 0 Å². The van der Waals surface area contributed by atoms with Crippen LogP contribution in [0.4, 0.5) is 17.6 Å². The molecule has 1 nitrogen and oxygen atoms in total. The highest BCUT2D eigenvalue weighted by molar-refractivity contribution is 5.38. The largest absolute Gasteiger partial charge is 0.573 e. The minimum absolute atomic E-state index is 0.0901. The average molecular weight is 221 g/mol. The van der Waals surface area contributed by atoms with Crippen molar-refractivity contribution in [1.82, 2.24) is 0 Å². The highest BCUT2D eigenvalue weighted by atomic mass is 19.4. The molecule has 1 atom stereocenters. The number of para-hydroxylation sites is 1. The van der Waals surface area contributed by atoms with Gasteiger partial charge in [-0.05, 0) is 18.9 Å². The molecule has 0 aromatic heterocycles. The third kappa shape index (κ3) is 3.11. The Balaban J connectivity index is 3.14. The van der Waals surface area contributed by atoms with E-state index in [-0.39, 0.29) is 5.56 Å². The fourth-order valence-corrected chi connectivity index (χ4v) is 1.14. The average Bonchev–Trinajstić information content (AvgIpc) is 2.05. The van der Waals surface area contributed by atoms with Crippen molar-refractivity contribution in [2.24, 2.45) is 0 Å². The molecule has 0 spiro atoms. The topological polar surface area (TPSA) is 9.23 Å². The van der Waals surface area contributed by atoms with E-state index in [1.807, 2.05) is 0 Å². The van der Waals surface area contributed by atoms with E-state index in [1.165, 1.54) is 12.1 Å². The van der Waals surface area contributed by atoms with Crippen molar-refractivity contribution in [3.8, 4) is 5.75 Å². The van der Waals surface area contributed by atoms with Gasteiger partial charge in [-0.1, -0.05) is 19.1 Å². The summed E-state index contributed by atoms with van der Waals surface area (Å²) in [4.78, 5) is 0. The number of halogens is 4. The summed E-state index contributed by atoms with van der Waals surface area (Å²) in [7, 11) is 0. The van der Waals surface area contributed by atoms with E-state index in [9.17, 15) is 17.6 Å². The number of ether oxygens (including phenoxy) is 1. The van der Waals surface area contributed by atoms with Crippen LogP contribution < -0.4 is 4.74 Å². The summed E-state index contributed by atoms with van der Waals surface area (Å²) in [6.45, 7) is 5.08. The third-order valence-electron chi connectivity index (χ3n) is 1.75. The summed E-state index contributed by atoms with van der Waals surface area (Å²) in [6, 6.07) is 3.57. The Hall–Kier alpha value is -1.26. The predicted octanol–water partition coefficient (Wildman–Crippen LogP) is 3.66. The van der Waals surface area contributed by atoms with Crippen LogP contribution in [0.5, 0.6) is 5.75 Å². The van der Waals surface area contributed by atoms with Gasteiger partial charge in [-0.2, -0.15) is 0 Å². The molecule has 0 saturated carbocycles. The molecule has 0 saturated heterocycles. The zero-order valence-electron chi connectivity index (χ0n) is 7.94. The van der Waals surface area contributed by atoms with Gasteiger partial charge < -0.3 is 4.74 Å². The molecule has 1 aromatic rings. The molecule has 0 fully saturated rings. The third-order valence-corrected chi connectivity index (χ3v) is 1.75. The van der Waals surface area contributed by atoms with Crippen LogP contribution in [0.3, 0.4) is 0 Å². The van der Waals surface area contributed by atoms with Gasteiger partial charge >= 0.3 is 6.36 Å². The Bertz CT molecular complexity index is 344. The van der Waals surface area contributed by atoms with Crippen LogP contribution in [-0.2, 0) is 0 Å². The Morgan fingerprint density at radius 3 is 2.40 bits per heavy atom. The second-order valence-electron chi connectivity index (χ2n) is 3.11. The standard InChI is InChI=1S/C10H9F4O/c1-6(2)7-4-3-5-8(11)9(7)15-10(12,13)14/h3-6H,1H2,2H3. The van der Waals surface area contributed by atoms with Gasteiger partial charge in [-0.15, -0.1) is 13.2 Å². The van der Waals surface area contributed by atoms with Crippen LogP contribution in [0.2, 0.25) is 0 Å². The molecule has 0 bridgehead atoms. The summed E-state index contributed by atoms with van der Waals surface area (Å²) in [6.07, 6.45) is -4.90. The molecule has 1 rings (SSSR count). The summed E-state index contributed by atoms with van der Waals surface area (Å²) in [5.41, 5.74) is 0.0901. The van der Waals surface area contributed by atoms with E-state index in [1.54, 1.807) is 6.92 Å². The van der Waals surface area contributed by atoms with Gasteiger partial charge in [0.25, 0.3) is 0 Å². The lowest BCUT2D eigenvalue weighted by molar-refractivity contribution is -0.275. The molecule has 1 aromatic carbocycles. The molecule has 1 unspecified atom stereocenters. The van der Waals surface area contributed by atoms with Crippen LogP contribution in [0, 0.1) is 12.7 Å². The lowest BCUT2D eigenvalue weighted by Gasteiger charge is -2.15. The van der Waals surface area contributed by atoms with Gasteiger partial charge in [-0.25, -0.2) is 4.39 Å². The van der Waals surface area contributed by atoms with Gasteiger partial charge in [0.15, 0.2) is 11.6 Å². The second kappa shape index (κ2) is 4.08. The van der Waals surface area contributed by atoms with Crippen molar-refractivity contribution >= 4 is 0 Å². The first-order valence-corrected chi connectivity index (χ1v) is 4.18. The quantitative estimate of drug-likeness (QED) is 0.692. The van der Waals surface area contributed by atoms with Crippen molar-refractivity contribution in [3.63, 3.8) is 0 Å². The fourth-order valence-electron chi connectivity index (χ4n) is 1.14. The maximum atomic E-state index is 13.1. The number of alkyl halides is 3. The fraction of sp³-hybridized carbons (Fsp3) is 0.300. The summed E-state index contributed by atoms with van der Waals surface area (Å²) in [5, 5.41) is 0. The van der Waals surface area contributed by atoms with Crippen LogP contribution in [-0.4, -0.2) is 6.36 Å². The molecule has 0 aliphatic heterocycles.